The molecule has 0 aliphatic carbocycles. The summed E-state index contributed by atoms with van der Waals surface area (Å²) in [5.74, 6) is -0.00253. The standard InChI is InChI=1S/C11H8ClNOS/c1-7-13-6-10(15-7)11(14)8-2-4-9(12)5-3-8/h2-6H,1H3. The first-order chi connectivity index (χ1) is 7.16. The van der Waals surface area contributed by atoms with Crippen LogP contribution in [0.2, 0.25) is 5.02 Å². The summed E-state index contributed by atoms with van der Waals surface area (Å²) in [6.07, 6.45) is 1.61. The summed E-state index contributed by atoms with van der Waals surface area (Å²) in [5.41, 5.74) is 0.642. The quantitative estimate of drug-likeness (QED) is 0.750. The summed E-state index contributed by atoms with van der Waals surface area (Å²) in [4.78, 5) is 16.6. The molecular weight excluding hydrogens is 230 g/mol. The highest BCUT2D eigenvalue weighted by Gasteiger charge is 2.11. The maximum atomic E-state index is 11.9. The van der Waals surface area contributed by atoms with Crippen molar-refractivity contribution < 1.29 is 4.79 Å². The first-order valence-corrected chi connectivity index (χ1v) is 5.59. The Morgan fingerprint density at radius 3 is 2.53 bits per heavy atom. The molecule has 15 heavy (non-hydrogen) atoms. The van der Waals surface area contributed by atoms with Crippen LogP contribution in [0.15, 0.2) is 30.5 Å². The van der Waals surface area contributed by atoms with E-state index in [-0.39, 0.29) is 5.78 Å². The van der Waals surface area contributed by atoms with Crippen molar-refractivity contribution in [2.45, 2.75) is 6.92 Å². The van der Waals surface area contributed by atoms with E-state index >= 15 is 0 Å². The molecule has 1 heterocycles. The molecule has 0 saturated carbocycles. The molecule has 2 nitrogen and oxygen atoms in total. The average molecular weight is 238 g/mol. The molecule has 0 amide bonds. The van der Waals surface area contributed by atoms with Gasteiger partial charge in [-0.3, -0.25) is 4.79 Å². The van der Waals surface area contributed by atoms with Crippen LogP contribution in [0.1, 0.15) is 20.2 Å². The Kier molecular flexibility index (Phi) is 2.84. The van der Waals surface area contributed by atoms with Gasteiger partial charge in [-0.25, -0.2) is 4.98 Å². The molecule has 4 heteroatoms. The molecule has 0 radical (unpaired) electrons. The summed E-state index contributed by atoms with van der Waals surface area (Å²) in [6.45, 7) is 1.88. The number of benzene rings is 1. The number of carbonyl (C=O) groups is 1. The number of thiazole rings is 1. The van der Waals surface area contributed by atoms with Crippen molar-refractivity contribution in [3.05, 3.63) is 50.9 Å². The van der Waals surface area contributed by atoms with Crippen molar-refractivity contribution in [1.82, 2.24) is 4.98 Å². The third-order valence-corrected chi connectivity index (χ3v) is 3.11. The van der Waals surface area contributed by atoms with Crippen LogP contribution in [0.4, 0.5) is 0 Å². The topological polar surface area (TPSA) is 30.0 Å². The van der Waals surface area contributed by atoms with E-state index < -0.39 is 0 Å². The number of hydrogen-bond acceptors (Lipinski definition) is 3. The maximum Gasteiger partial charge on any atom is 0.204 e. The summed E-state index contributed by atoms with van der Waals surface area (Å²) in [5, 5.41) is 1.53. The molecule has 0 unspecified atom stereocenters. The highest BCUT2D eigenvalue weighted by molar-refractivity contribution is 7.13. The van der Waals surface area contributed by atoms with Crippen molar-refractivity contribution in [1.29, 1.82) is 0 Å². The van der Waals surface area contributed by atoms with Crippen molar-refractivity contribution in [3.63, 3.8) is 0 Å². The van der Waals surface area contributed by atoms with Crippen LogP contribution < -0.4 is 0 Å². The molecule has 0 aliphatic heterocycles. The lowest BCUT2D eigenvalue weighted by Crippen LogP contribution is -1.97. The van der Waals surface area contributed by atoms with Crippen LogP contribution in [-0.4, -0.2) is 10.8 Å². The van der Waals surface area contributed by atoms with Crippen LogP contribution in [0, 0.1) is 6.92 Å². The largest absolute Gasteiger partial charge is 0.288 e. The molecule has 2 rings (SSSR count). The van der Waals surface area contributed by atoms with Crippen molar-refractivity contribution >= 4 is 28.7 Å². The summed E-state index contributed by atoms with van der Waals surface area (Å²) in [7, 11) is 0. The van der Waals surface area contributed by atoms with Gasteiger partial charge < -0.3 is 0 Å². The third kappa shape index (κ3) is 2.25. The van der Waals surface area contributed by atoms with Gasteiger partial charge in [0.15, 0.2) is 0 Å². The van der Waals surface area contributed by atoms with E-state index in [0.717, 1.165) is 5.01 Å². The Bertz CT molecular complexity index is 490. The Morgan fingerprint density at radius 2 is 2.00 bits per heavy atom. The zero-order chi connectivity index (χ0) is 10.8. The first kappa shape index (κ1) is 10.3. The SMILES string of the molecule is Cc1ncc(C(=O)c2ccc(Cl)cc2)s1. The van der Waals surface area contributed by atoms with Crippen molar-refractivity contribution in [2.75, 3.05) is 0 Å². The lowest BCUT2D eigenvalue weighted by atomic mass is 10.1. The van der Waals surface area contributed by atoms with Gasteiger partial charge in [0.25, 0.3) is 0 Å². The number of aryl methyl sites for hydroxylation is 1. The molecule has 0 saturated heterocycles. The van der Waals surface area contributed by atoms with E-state index in [1.165, 1.54) is 11.3 Å². The smallest absolute Gasteiger partial charge is 0.204 e. The van der Waals surface area contributed by atoms with Gasteiger partial charge in [0.1, 0.15) is 0 Å². The van der Waals surface area contributed by atoms with Crippen LogP contribution in [0.5, 0.6) is 0 Å². The van der Waals surface area contributed by atoms with Gasteiger partial charge in [0.05, 0.1) is 9.88 Å². The molecule has 0 N–H and O–H groups in total. The Morgan fingerprint density at radius 1 is 1.33 bits per heavy atom. The zero-order valence-electron chi connectivity index (χ0n) is 8.03. The normalized spacial score (nSPS) is 10.3. The number of hydrogen-bond donors (Lipinski definition) is 0. The lowest BCUT2D eigenvalue weighted by molar-refractivity contribution is 0.104. The summed E-state index contributed by atoms with van der Waals surface area (Å²) < 4.78 is 0. The van der Waals surface area contributed by atoms with Crippen LogP contribution in [0.3, 0.4) is 0 Å². The molecule has 0 spiro atoms. The van der Waals surface area contributed by atoms with Crippen LogP contribution >= 0.6 is 22.9 Å². The van der Waals surface area contributed by atoms with E-state index in [1.807, 2.05) is 6.92 Å². The fraction of sp³-hybridized carbons (Fsp3) is 0.0909. The third-order valence-electron chi connectivity index (χ3n) is 1.95. The fourth-order valence-electron chi connectivity index (χ4n) is 1.21. The van der Waals surface area contributed by atoms with Crippen LogP contribution in [0.25, 0.3) is 0 Å². The summed E-state index contributed by atoms with van der Waals surface area (Å²) >= 11 is 7.15. The second-order valence-electron chi connectivity index (χ2n) is 3.08. The van der Waals surface area contributed by atoms with Gasteiger partial charge >= 0.3 is 0 Å². The minimum Gasteiger partial charge on any atom is -0.288 e. The second kappa shape index (κ2) is 4.13. The highest BCUT2D eigenvalue weighted by atomic mass is 35.5. The van der Waals surface area contributed by atoms with Gasteiger partial charge in [0.2, 0.25) is 5.78 Å². The predicted octanol–water partition coefficient (Wildman–Crippen LogP) is 3.34. The fourth-order valence-corrected chi connectivity index (χ4v) is 2.08. The molecule has 0 aliphatic rings. The van der Waals surface area contributed by atoms with E-state index in [2.05, 4.69) is 4.98 Å². The van der Waals surface area contributed by atoms with E-state index in [0.29, 0.717) is 15.5 Å². The molecule has 2 aromatic rings. The lowest BCUT2D eigenvalue weighted by Gasteiger charge is -1.96. The monoisotopic (exact) mass is 237 g/mol. The number of nitrogens with zero attached hydrogens (tertiary/aromatic N) is 1. The minimum absolute atomic E-state index is 0.00253. The average Bonchev–Trinajstić information content (AvgIpc) is 2.65. The van der Waals surface area contributed by atoms with Crippen molar-refractivity contribution in [2.24, 2.45) is 0 Å². The maximum absolute atomic E-state index is 11.9. The highest BCUT2D eigenvalue weighted by Crippen LogP contribution is 2.18. The minimum atomic E-state index is -0.00253. The van der Waals surface area contributed by atoms with E-state index in [4.69, 9.17) is 11.6 Å². The molecule has 0 atom stereocenters. The second-order valence-corrected chi connectivity index (χ2v) is 4.75. The van der Waals surface area contributed by atoms with Gasteiger partial charge in [-0.2, -0.15) is 0 Å². The van der Waals surface area contributed by atoms with Gasteiger partial charge in [-0.05, 0) is 31.2 Å². The number of aromatic nitrogens is 1. The van der Waals surface area contributed by atoms with E-state index in [1.54, 1.807) is 30.5 Å². The number of ketones is 1. The molecular formula is C11H8ClNOS. The predicted molar refractivity (Wildman–Crippen MR) is 61.7 cm³/mol. The van der Waals surface area contributed by atoms with Gasteiger partial charge in [0, 0.05) is 16.8 Å². The van der Waals surface area contributed by atoms with Gasteiger partial charge in [-0.15, -0.1) is 11.3 Å². The summed E-state index contributed by atoms with van der Waals surface area (Å²) in [6, 6.07) is 6.87. The Labute approximate surface area is 96.5 Å². The number of rotatable bonds is 2. The molecule has 76 valence electrons. The molecule has 1 aromatic heterocycles. The van der Waals surface area contributed by atoms with Gasteiger partial charge in [-0.1, -0.05) is 11.6 Å². The first-order valence-electron chi connectivity index (χ1n) is 4.39. The molecule has 0 fully saturated rings. The number of carbonyl (C=O) groups excluding carboxylic acids is 1. The van der Waals surface area contributed by atoms with E-state index in [9.17, 15) is 4.79 Å². The number of halogens is 1. The Hall–Kier alpha value is -1.19. The zero-order valence-corrected chi connectivity index (χ0v) is 9.60. The molecule has 1 aromatic carbocycles. The van der Waals surface area contributed by atoms with Crippen molar-refractivity contribution in [3.8, 4) is 0 Å². The van der Waals surface area contributed by atoms with Crippen LogP contribution in [-0.2, 0) is 0 Å². The molecule has 0 bridgehead atoms. The Balaban J connectivity index is 2.32.